The molecule has 14 heteroatoms. The molecule has 0 saturated carbocycles. The Morgan fingerprint density at radius 3 is 2.32 bits per heavy atom. The van der Waals surface area contributed by atoms with Gasteiger partial charge in [0.15, 0.2) is 5.13 Å². The number of rotatable bonds is 7. The van der Waals surface area contributed by atoms with E-state index in [9.17, 15) is 31.5 Å². The number of alkyl halides is 3. The first-order valence-electron chi connectivity index (χ1n) is 10.4. The number of carbonyl (C=O) groups is 2. The van der Waals surface area contributed by atoms with Crippen molar-refractivity contribution in [2.75, 3.05) is 16.0 Å². The standard InChI is InChI=1S/C23H17F5N6O2S/c1-33-9-13(30-11-33)10-34(21(36)23(26,27)28)14-7-5-12(6-8-14)31-22-32-20(29)19(37-22)18(35)17-15(24)3-2-4-16(17)25/h2-9,11H,10,29H2,1H3,(H,31,32). The summed E-state index contributed by atoms with van der Waals surface area (Å²) in [4.78, 5) is 33.0. The number of thiazole rings is 1. The van der Waals surface area contributed by atoms with Crippen molar-refractivity contribution in [3.05, 3.63) is 82.8 Å². The van der Waals surface area contributed by atoms with Gasteiger partial charge in [-0.1, -0.05) is 17.4 Å². The lowest BCUT2D eigenvalue weighted by Gasteiger charge is -2.23. The van der Waals surface area contributed by atoms with E-state index in [-0.39, 0.29) is 27.2 Å². The summed E-state index contributed by atoms with van der Waals surface area (Å²) >= 11 is 0.744. The predicted octanol–water partition coefficient (Wildman–Crippen LogP) is 4.81. The Hall–Kier alpha value is -4.33. The third-order valence-corrected chi connectivity index (χ3v) is 6.03. The molecule has 2 heterocycles. The van der Waals surface area contributed by atoms with Crippen LogP contribution in [-0.4, -0.2) is 32.4 Å². The van der Waals surface area contributed by atoms with Crippen molar-refractivity contribution in [2.24, 2.45) is 7.05 Å². The molecule has 37 heavy (non-hydrogen) atoms. The van der Waals surface area contributed by atoms with E-state index in [1.54, 1.807) is 7.05 Å². The molecule has 0 bridgehead atoms. The SMILES string of the molecule is Cn1cnc(CN(C(=O)C(F)(F)F)c2ccc(Nc3nc(N)c(C(=O)c4c(F)cccc4F)s3)cc2)c1. The van der Waals surface area contributed by atoms with Crippen molar-refractivity contribution in [1.29, 1.82) is 0 Å². The third-order valence-electron chi connectivity index (χ3n) is 5.05. The summed E-state index contributed by atoms with van der Waals surface area (Å²) in [5, 5.41) is 2.92. The molecular formula is C23H17F5N6O2S. The summed E-state index contributed by atoms with van der Waals surface area (Å²) in [5.74, 6) is -5.40. The number of carbonyl (C=O) groups excluding carboxylic acids is 2. The summed E-state index contributed by atoms with van der Waals surface area (Å²) in [7, 11) is 1.64. The molecule has 0 aliphatic rings. The van der Waals surface area contributed by atoms with Crippen molar-refractivity contribution in [3.63, 3.8) is 0 Å². The first-order valence-corrected chi connectivity index (χ1v) is 11.2. The molecule has 0 aliphatic carbocycles. The number of hydrogen-bond acceptors (Lipinski definition) is 7. The van der Waals surface area contributed by atoms with Crippen molar-refractivity contribution >= 4 is 45.4 Å². The van der Waals surface area contributed by atoms with Crippen LogP contribution in [0.3, 0.4) is 0 Å². The minimum absolute atomic E-state index is 0.0388. The van der Waals surface area contributed by atoms with E-state index in [0.717, 1.165) is 29.5 Å². The van der Waals surface area contributed by atoms with Gasteiger partial charge in [-0.3, -0.25) is 14.5 Å². The molecule has 2 aromatic heterocycles. The second-order valence-corrected chi connectivity index (χ2v) is 8.75. The van der Waals surface area contributed by atoms with Crippen LogP contribution in [0, 0.1) is 11.6 Å². The Bertz CT molecular complexity index is 1450. The number of anilines is 4. The number of imidazole rings is 1. The largest absolute Gasteiger partial charge is 0.471 e. The zero-order chi connectivity index (χ0) is 26.9. The Morgan fingerprint density at radius 1 is 1.11 bits per heavy atom. The molecule has 0 unspecified atom stereocenters. The average Bonchev–Trinajstić information content (AvgIpc) is 3.41. The average molecular weight is 536 g/mol. The molecule has 192 valence electrons. The number of nitrogen functional groups attached to an aromatic ring is 1. The lowest BCUT2D eigenvalue weighted by Crippen LogP contribution is -2.40. The van der Waals surface area contributed by atoms with Gasteiger partial charge in [-0.25, -0.2) is 18.7 Å². The molecule has 2 aromatic carbocycles. The molecule has 0 saturated heterocycles. The van der Waals surface area contributed by atoms with E-state index in [0.29, 0.717) is 10.6 Å². The quantitative estimate of drug-likeness (QED) is 0.260. The van der Waals surface area contributed by atoms with E-state index >= 15 is 0 Å². The number of aryl methyl sites for hydroxylation is 1. The molecule has 0 spiro atoms. The van der Waals surface area contributed by atoms with Crippen molar-refractivity contribution in [1.82, 2.24) is 14.5 Å². The van der Waals surface area contributed by atoms with Crippen LogP contribution in [0.15, 0.2) is 55.0 Å². The Balaban J connectivity index is 1.55. The molecule has 0 radical (unpaired) electrons. The fraction of sp³-hybridized carbons (Fsp3) is 0.130. The van der Waals surface area contributed by atoms with Gasteiger partial charge in [0.2, 0.25) is 5.78 Å². The monoisotopic (exact) mass is 536 g/mol. The van der Waals surface area contributed by atoms with Crippen LogP contribution in [0.1, 0.15) is 20.9 Å². The van der Waals surface area contributed by atoms with Crippen molar-refractivity contribution in [3.8, 4) is 0 Å². The van der Waals surface area contributed by atoms with E-state index in [1.807, 2.05) is 0 Å². The minimum atomic E-state index is -5.11. The number of aromatic nitrogens is 3. The van der Waals surface area contributed by atoms with Gasteiger partial charge in [-0.05, 0) is 36.4 Å². The summed E-state index contributed by atoms with van der Waals surface area (Å²) in [6, 6.07) is 8.34. The summed E-state index contributed by atoms with van der Waals surface area (Å²) in [6.07, 6.45) is -2.21. The lowest BCUT2D eigenvalue weighted by atomic mass is 10.1. The third kappa shape index (κ3) is 5.58. The van der Waals surface area contributed by atoms with E-state index in [4.69, 9.17) is 5.73 Å². The summed E-state index contributed by atoms with van der Waals surface area (Å²) in [5.41, 5.74) is 5.57. The van der Waals surface area contributed by atoms with Gasteiger partial charge in [0.25, 0.3) is 0 Å². The van der Waals surface area contributed by atoms with Crippen LogP contribution in [0.2, 0.25) is 0 Å². The van der Waals surface area contributed by atoms with Gasteiger partial charge in [0, 0.05) is 24.6 Å². The maximum Gasteiger partial charge on any atom is 0.471 e. The molecule has 3 N–H and O–H groups in total. The van der Waals surface area contributed by atoms with Crippen LogP contribution in [0.25, 0.3) is 0 Å². The topological polar surface area (TPSA) is 106 Å². The number of halogens is 5. The second kappa shape index (κ2) is 9.97. The Kier molecular flexibility index (Phi) is 6.94. The second-order valence-electron chi connectivity index (χ2n) is 7.75. The molecule has 0 atom stereocenters. The highest BCUT2D eigenvalue weighted by atomic mass is 32.1. The number of amides is 1. The molecule has 0 aliphatic heterocycles. The summed E-state index contributed by atoms with van der Waals surface area (Å²) < 4.78 is 69.2. The number of nitrogens with one attached hydrogen (secondary N) is 1. The number of hydrogen-bond donors (Lipinski definition) is 2. The van der Waals surface area contributed by atoms with Gasteiger partial charge < -0.3 is 15.6 Å². The fourth-order valence-electron chi connectivity index (χ4n) is 3.37. The van der Waals surface area contributed by atoms with Crippen LogP contribution < -0.4 is 16.0 Å². The highest BCUT2D eigenvalue weighted by molar-refractivity contribution is 7.18. The highest BCUT2D eigenvalue weighted by Gasteiger charge is 2.43. The first kappa shape index (κ1) is 25.8. The molecule has 8 nitrogen and oxygen atoms in total. The zero-order valence-corrected chi connectivity index (χ0v) is 19.7. The van der Waals surface area contributed by atoms with Crippen molar-refractivity contribution < 1.29 is 31.5 Å². The first-order chi connectivity index (χ1) is 17.4. The zero-order valence-electron chi connectivity index (χ0n) is 18.9. The molecule has 4 aromatic rings. The van der Waals surface area contributed by atoms with Crippen LogP contribution in [0.5, 0.6) is 0 Å². The maximum atomic E-state index is 14.0. The molecule has 1 amide bonds. The van der Waals surface area contributed by atoms with E-state index < -0.39 is 41.6 Å². The van der Waals surface area contributed by atoms with Gasteiger partial charge in [-0.2, -0.15) is 13.2 Å². The van der Waals surface area contributed by atoms with Crippen LogP contribution in [0.4, 0.5) is 44.3 Å². The van der Waals surface area contributed by atoms with E-state index in [2.05, 4.69) is 15.3 Å². The normalized spacial score (nSPS) is 11.4. The number of nitrogens with two attached hydrogens (primary N) is 1. The van der Waals surface area contributed by atoms with Crippen LogP contribution >= 0.6 is 11.3 Å². The lowest BCUT2D eigenvalue weighted by molar-refractivity contribution is -0.170. The fourth-order valence-corrected chi connectivity index (χ4v) is 4.22. The number of nitrogens with zero attached hydrogens (tertiary/aromatic N) is 4. The van der Waals surface area contributed by atoms with Gasteiger partial charge >= 0.3 is 12.1 Å². The van der Waals surface area contributed by atoms with Crippen LogP contribution in [-0.2, 0) is 18.4 Å². The molecular weight excluding hydrogens is 519 g/mol. The number of benzene rings is 2. The predicted molar refractivity (Wildman–Crippen MR) is 126 cm³/mol. The molecule has 4 rings (SSSR count). The van der Waals surface area contributed by atoms with E-state index in [1.165, 1.54) is 41.4 Å². The van der Waals surface area contributed by atoms with Gasteiger partial charge in [-0.15, -0.1) is 0 Å². The molecule has 0 fully saturated rings. The van der Waals surface area contributed by atoms with Crippen molar-refractivity contribution in [2.45, 2.75) is 12.7 Å². The van der Waals surface area contributed by atoms with Gasteiger partial charge in [0.1, 0.15) is 22.3 Å². The Labute approximate surface area is 210 Å². The van der Waals surface area contributed by atoms with Gasteiger partial charge in [0.05, 0.1) is 24.1 Å². The number of ketones is 1. The minimum Gasteiger partial charge on any atom is -0.382 e. The Morgan fingerprint density at radius 2 is 1.76 bits per heavy atom. The maximum absolute atomic E-state index is 14.0. The smallest absolute Gasteiger partial charge is 0.382 e. The highest BCUT2D eigenvalue weighted by Crippen LogP contribution is 2.32. The summed E-state index contributed by atoms with van der Waals surface area (Å²) in [6.45, 7) is -0.410.